The Hall–Kier alpha value is -1.96. The predicted octanol–water partition coefficient (Wildman–Crippen LogP) is 4.25. The largest absolute Gasteiger partial charge is 0.508 e. The molecule has 1 saturated carbocycles. The van der Waals surface area contributed by atoms with Crippen molar-refractivity contribution in [3.63, 3.8) is 0 Å². The summed E-state index contributed by atoms with van der Waals surface area (Å²) in [5, 5.41) is 20.2. The van der Waals surface area contributed by atoms with Crippen molar-refractivity contribution >= 4 is 0 Å². The van der Waals surface area contributed by atoms with E-state index in [1.807, 2.05) is 12.1 Å². The van der Waals surface area contributed by atoms with Crippen LogP contribution >= 0.6 is 0 Å². The molecule has 0 aromatic heterocycles. The molecule has 1 spiro atoms. The molecule has 2 aromatic carbocycles. The maximum absolute atomic E-state index is 10.1. The molecule has 0 amide bonds. The summed E-state index contributed by atoms with van der Waals surface area (Å²) in [6.07, 6.45) is 6.69. The Morgan fingerprint density at radius 3 is 1.76 bits per heavy atom. The third kappa shape index (κ3) is 1.85. The van der Waals surface area contributed by atoms with Gasteiger partial charge in [0.2, 0.25) is 0 Å². The first kappa shape index (κ1) is 12.8. The Morgan fingerprint density at radius 2 is 1.24 bits per heavy atom. The van der Waals surface area contributed by atoms with Gasteiger partial charge in [0.05, 0.1) is 0 Å². The average molecular weight is 280 g/mol. The van der Waals surface area contributed by atoms with E-state index in [0.717, 1.165) is 24.0 Å². The van der Waals surface area contributed by atoms with E-state index in [9.17, 15) is 10.2 Å². The van der Waals surface area contributed by atoms with Gasteiger partial charge in [0.15, 0.2) is 0 Å². The molecule has 2 heteroatoms. The minimum atomic E-state index is 0.0591. The summed E-state index contributed by atoms with van der Waals surface area (Å²) < 4.78 is 0. The number of phenolic OH excluding ortho intramolecular Hbond substituents is 2. The minimum absolute atomic E-state index is 0.0591. The van der Waals surface area contributed by atoms with Crippen LogP contribution < -0.4 is 0 Å². The molecular formula is C19H20O2. The van der Waals surface area contributed by atoms with E-state index in [1.54, 1.807) is 0 Å². The molecule has 2 nitrogen and oxygen atoms in total. The van der Waals surface area contributed by atoms with Crippen molar-refractivity contribution in [1.29, 1.82) is 0 Å². The van der Waals surface area contributed by atoms with Gasteiger partial charge in [0.25, 0.3) is 0 Å². The van der Waals surface area contributed by atoms with Crippen LogP contribution in [-0.2, 0) is 11.8 Å². The molecule has 1 fully saturated rings. The zero-order valence-electron chi connectivity index (χ0n) is 12.1. The van der Waals surface area contributed by atoms with Crippen LogP contribution in [0.1, 0.15) is 54.4 Å². The van der Waals surface area contributed by atoms with E-state index in [0.29, 0.717) is 17.9 Å². The van der Waals surface area contributed by atoms with Crippen LogP contribution in [0, 0.1) is 0 Å². The van der Waals surface area contributed by atoms with E-state index in [-0.39, 0.29) is 5.41 Å². The molecule has 0 heterocycles. The van der Waals surface area contributed by atoms with Crippen LogP contribution in [0.4, 0.5) is 0 Å². The van der Waals surface area contributed by atoms with E-state index in [2.05, 4.69) is 24.3 Å². The van der Waals surface area contributed by atoms with Gasteiger partial charge in [-0.15, -0.1) is 0 Å². The minimum Gasteiger partial charge on any atom is -0.508 e. The number of benzene rings is 2. The number of phenols is 2. The van der Waals surface area contributed by atoms with Gasteiger partial charge in [0, 0.05) is 11.8 Å². The molecule has 2 N–H and O–H groups in total. The fraction of sp³-hybridized carbons (Fsp3) is 0.368. The highest BCUT2D eigenvalue weighted by Gasteiger charge is 2.37. The Balaban J connectivity index is 1.99. The first-order chi connectivity index (χ1) is 10.2. The van der Waals surface area contributed by atoms with Crippen molar-refractivity contribution in [3.8, 4) is 11.5 Å². The van der Waals surface area contributed by atoms with Gasteiger partial charge in [0.1, 0.15) is 11.5 Å². The SMILES string of the molecule is Oc1ccc2cc1Cc1cc(ccc1O)C21CCCCC1. The lowest BCUT2D eigenvalue weighted by Crippen LogP contribution is -2.31. The second-order valence-electron chi connectivity index (χ2n) is 6.51. The number of fused-ring (bicyclic) bond motifs is 6. The van der Waals surface area contributed by atoms with Crippen molar-refractivity contribution in [3.05, 3.63) is 58.7 Å². The third-order valence-corrected chi connectivity index (χ3v) is 5.35. The lowest BCUT2D eigenvalue weighted by Gasteiger charge is -2.40. The Kier molecular flexibility index (Phi) is 2.75. The quantitative estimate of drug-likeness (QED) is 0.757. The lowest BCUT2D eigenvalue weighted by molar-refractivity contribution is 0.344. The summed E-state index contributed by atoms with van der Waals surface area (Å²) in [6.45, 7) is 0. The van der Waals surface area contributed by atoms with Gasteiger partial charge < -0.3 is 10.2 Å². The first-order valence-corrected chi connectivity index (χ1v) is 7.84. The van der Waals surface area contributed by atoms with Gasteiger partial charge >= 0.3 is 0 Å². The summed E-state index contributed by atoms with van der Waals surface area (Å²) in [4.78, 5) is 0. The maximum atomic E-state index is 10.1. The molecule has 21 heavy (non-hydrogen) atoms. The summed E-state index contributed by atoms with van der Waals surface area (Å²) in [5.41, 5.74) is 4.55. The molecule has 0 atom stereocenters. The summed E-state index contributed by atoms with van der Waals surface area (Å²) in [6, 6.07) is 12.1. The molecule has 2 aromatic rings. The molecule has 0 radical (unpaired) electrons. The second-order valence-corrected chi connectivity index (χ2v) is 6.51. The van der Waals surface area contributed by atoms with E-state index < -0.39 is 0 Å². The van der Waals surface area contributed by atoms with Crippen LogP contribution in [0.2, 0.25) is 0 Å². The fourth-order valence-corrected chi connectivity index (χ4v) is 4.15. The molecule has 4 rings (SSSR count). The van der Waals surface area contributed by atoms with Crippen molar-refractivity contribution in [2.24, 2.45) is 0 Å². The molecule has 108 valence electrons. The van der Waals surface area contributed by atoms with E-state index in [4.69, 9.17) is 0 Å². The van der Waals surface area contributed by atoms with Crippen molar-refractivity contribution in [2.45, 2.75) is 43.9 Å². The highest BCUT2D eigenvalue weighted by atomic mass is 16.3. The smallest absolute Gasteiger partial charge is 0.119 e. The molecule has 0 unspecified atom stereocenters. The highest BCUT2D eigenvalue weighted by Crippen LogP contribution is 2.48. The van der Waals surface area contributed by atoms with Crippen LogP contribution in [0.15, 0.2) is 36.4 Å². The molecule has 0 saturated heterocycles. The molecule has 2 aliphatic rings. The van der Waals surface area contributed by atoms with Gasteiger partial charge in [-0.3, -0.25) is 0 Å². The Morgan fingerprint density at radius 1 is 0.714 bits per heavy atom. The number of aromatic hydroxyl groups is 2. The molecule has 2 aliphatic carbocycles. The Bertz CT molecular complexity index is 643. The molecular weight excluding hydrogens is 260 g/mol. The van der Waals surface area contributed by atoms with Crippen LogP contribution in [0.3, 0.4) is 0 Å². The predicted molar refractivity (Wildman–Crippen MR) is 82.9 cm³/mol. The number of rotatable bonds is 0. The Labute approximate surface area is 125 Å². The summed E-state index contributed by atoms with van der Waals surface area (Å²) >= 11 is 0. The van der Waals surface area contributed by atoms with Gasteiger partial charge in [-0.25, -0.2) is 0 Å². The summed E-state index contributed by atoms with van der Waals surface area (Å²) in [5.74, 6) is 0.660. The zero-order valence-corrected chi connectivity index (χ0v) is 12.1. The van der Waals surface area contributed by atoms with Crippen LogP contribution in [0.25, 0.3) is 0 Å². The van der Waals surface area contributed by atoms with E-state index in [1.165, 1.54) is 30.4 Å². The first-order valence-electron chi connectivity index (χ1n) is 7.84. The monoisotopic (exact) mass is 280 g/mol. The number of hydrogen-bond donors (Lipinski definition) is 2. The number of hydrogen-bond acceptors (Lipinski definition) is 2. The van der Waals surface area contributed by atoms with Gasteiger partial charge in [-0.2, -0.15) is 0 Å². The molecule has 0 aliphatic heterocycles. The third-order valence-electron chi connectivity index (χ3n) is 5.35. The summed E-state index contributed by atoms with van der Waals surface area (Å²) in [7, 11) is 0. The topological polar surface area (TPSA) is 40.5 Å². The standard InChI is InChI=1S/C19H20O2/c20-17-6-4-15-11-13(17)10-14-12-16(5-7-18(14)21)19(15)8-2-1-3-9-19/h4-7,11-12,20-21H,1-3,8-10H2. The normalized spacial score (nSPS) is 19.0. The zero-order chi connectivity index (χ0) is 14.4. The van der Waals surface area contributed by atoms with Gasteiger partial charge in [-0.05, 0) is 47.2 Å². The maximum Gasteiger partial charge on any atom is 0.119 e. The van der Waals surface area contributed by atoms with Gasteiger partial charge in [-0.1, -0.05) is 43.5 Å². The lowest BCUT2D eigenvalue weighted by atomic mass is 9.64. The van der Waals surface area contributed by atoms with Crippen molar-refractivity contribution < 1.29 is 10.2 Å². The van der Waals surface area contributed by atoms with Crippen molar-refractivity contribution in [1.82, 2.24) is 0 Å². The van der Waals surface area contributed by atoms with E-state index >= 15 is 0 Å². The average Bonchev–Trinajstić information content (AvgIpc) is 2.51. The second kappa shape index (κ2) is 4.52. The van der Waals surface area contributed by atoms with Crippen LogP contribution in [0.5, 0.6) is 11.5 Å². The van der Waals surface area contributed by atoms with Crippen molar-refractivity contribution in [2.75, 3.05) is 0 Å². The highest BCUT2D eigenvalue weighted by molar-refractivity contribution is 5.53. The fourth-order valence-electron chi connectivity index (χ4n) is 4.15. The molecule has 4 bridgehead atoms. The van der Waals surface area contributed by atoms with Crippen LogP contribution in [-0.4, -0.2) is 10.2 Å².